The van der Waals surface area contributed by atoms with Crippen LogP contribution in [-0.2, 0) is 4.79 Å². The van der Waals surface area contributed by atoms with Crippen molar-refractivity contribution in [3.05, 3.63) is 34.9 Å². The molecule has 0 aliphatic carbocycles. The summed E-state index contributed by atoms with van der Waals surface area (Å²) in [7, 11) is 0. The van der Waals surface area contributed by atoms with E-state index in [1.54, 1.807) is 20.8 Å². The number of amides is 1. The van der Waals surface area contributed by atoms with Gasteiger partial charge >= 0.3 is 5.97 Å². The Morgan fingerprint density at radius 3 is 2.29 bits per heavy atom. The maximum absolute atomic E-state index is 13.7. The van der Waals surface area contributed by atoms with E-state index < -0.39 is 35.0 Å². The summed E-state index contributed by atoms with van der Waals surface area (Å²) in [5.41, 5.74) is -0.666. The first-order valence-electron chi connectivity index (χ1n) is 6.50. The summed E-state index contributed by atoms with van der Waals surface area (Å²) in [6.07, 6.45) is -0.281. The number of aryl methyl sites for hydroxylation is 1. The highest BCUT2D eigenvalue weighted by molar-refractivity contribution is 5.95. The van der Waals surface area contributed by atoms with Crippen molar-refractivity contribution < 1.29 is 23.5 Å². The fraction of sp³-hybridized carbons (Fsp3) is 0.467. The van der Waals surface area contributed by atoms with Gasteiger partial charge in [-0.1, -0.05) is 20.8 Å². The van der Waals surface area contributed by atoms with Crippen LogP contribution in [0.1, 0.15) is 43.1 Å². The number of carbonyl (C=O) groups is 2. The summed E-state index contributed by atoms with van der Waals surface area (Å²) in [5.74, 6) is -3.52. The average molecular weight is 299 g/mol. The SMILES string of the molecule is Cc1cc(C(=O)NC(CC(=O)O)C(C)(C)C)c(F)cc1F. The van der Waals surface area contributed by atoms with Gasteiger partial charge in [-0.05, 0) is 24.0 Å². The lowest BCUT2D eigenvalue weighted by molar-refractivity contribution is -0.138. The normalized spacial score (nSPS) is 12.9. The van der Waals surface area contributed by atoms with E-state index in [0.29, 0.717) is 6.07 Å². The third-order valence-electron chi connectivity index (χ3n) is 3.22. The summed E-state index contributed by atoms with van der Waals surface area (Å²) < 4.78 is 26.9. The lowest BCUT2D eigenvalue weighted by Gasteiger charge is -2.30. The van der Waals surface area contributed by atoms with Crippen molar-refractivity contribution in [2.75, 3.05) is 0 Å². The van der Waals surface area contributed by atoms with Crippen LogP contribution >= 0.6 is 0 Å². The van der Waals surface area contributed by atoms with Gasteiger partial charge in [-0.2, -0.15) is 0 Å². The van der Waals surface area contributed by atoms with Crippen LogP contribution < -0.4 is 5.32 Å². The quantitative estimate of drug-likeness (QED) is 0.898. The molecule has 0 saturated heterocycles. The summed E-state index contributed by atoms with van der Waals surface area (Å²) in [4.78, 5) is 23.0. The maximum atomic E-state index is 13.7. The second-order valence-electron chi connectivity index (χ2n) is 6.07. The van der Waals surface area contributed by atoms with Crippen LogP contribution in [0.3, 0.4) is 0 Å². The Morgan fingerprint density at radius 2 is 1.81 bits per heavy atom. The van der Waals surface area contributed by atoms with Crippen molar-refractivity contribution in [1.82, 2.24) is 5.32 Å². The number of nitrogens with one attached hydrogen (secondary N) is 1. The molecule has 1 rings (SSSR count). The van der Waals surface area contributed by atoms with Gasteiger partial charge in [-0.15, -0.1) is 0 Å². The van der Waals surface area contributed by atoms with Crippen molar-refractivity contribution >= 4 is 11.9 Å². The fourth-order valence-corrected chi connectivity index (χ4v) is 1.82. The van der Waals surface area contributed by atoms with E-state index >= 15 is 0 Å². The highest BCUT2D eigenvalue weighted by Crippen LogP contribution is 2.23. The van der Waals surface area contributed by atoms with Gasteiger partial charge in [0.2, 0.25) is 0 Å². The number of carbonyl (C=O) groups excluding carboxylic acids is 1. The van der Waals surface area contributed by atoms with Gasteiger partial charge in [-0.3, -0.25) is 9.59 Å². The summed E-state index contributed by atoms with van der Waals surface area (Å²) in [5, 5.41) is 11.4. The van der Waals surface area contributed by atoms with E-state index in [4.69, 9.17) is 5.11 Å². The predicted octanol–water partition coefficient (Wildman–Crippen LogP) is 2.89. The number of benzene rings is 1. The molecule has 0 spiro atoms. The molecule has 0 aliphatic rings. The minimum absolute atomic E-state index is 0.145. The summed E-state index contributed by atoms with van der Waals surface area (Å²) >= 11 is 0. The van der Waals surface area contributed by atoms with Crippen molar-refractivity contribution in [3.63, 3.8) is 0 Å². The van der Waals surface area contributed by atoms with Crippen LogP contribution in [0.4, 0.5) is 8.78 Å². The Labute approximate surface area is 122 Å². The number of hydrogen-bond acceptors (Lipinski definition) is 2. The average Bonchev–Trinajstić information content (AvgIpc) is 2.31. The first kappa shape index (κ1) is 17.1. The van der Waals surface area contributed by atoms with Gasteiger partial charge in [0.1, 0.15) is 11.6 Å². The molecule has 1 unspecified atom stereocenters. The monoisotopic (exact) mass is 299 g/mol. The van der Waals surface area contributed by atoms with Gasteiger partial charge in [0.15, 0.2) is 0 Å². The molecule has 2 N–H and O–H groups in total. The summed E-state index contributed by atoms with van der Waals surface area (Å²) in [6, 6.07) is 1.08. The number of hydrogen-bond donors (Lipinski definition) is 2. The molecule has 1 amide bonds. The molecule has 0 radical (unpaired) electrons. The van der Waals surface area contributed by atoms with Crippen LogP contribution in [-0.4, -0.2) is 23.0 Å². The molecule has 6 heteroatoms. The Hall–Kier alpha value is -1.98. The number of carboxylic acid groups (broad SMARTS) is 1. The lowest BCUT2D eigenvalue weighted by atomic mass is 9.84. The van der Waals surface area contributed by atoms with Crippen LogP contribution in [0, 0.1) is 24.0 Å². The van der Waals surface area contributed by atoms with Gasteiger partial charge in [0.05, 0.1) is 12.0 Å². The molecule has 0 heterocycles. The zero-order valence-corrected chi connectivity index (χ0v) is 12.5. The highest BCUT2D eigenvalue weighted by atomic mass is 19.1. The first-order valence-corrected chi connectivity index (χ1v) is 6.50. The van der Waals surface area contributed by atoms with E-state index in [1.165, 1.54) is 6.92 Å². The molecule has 21 heavy (non-hydrogen) atoms. The van der Waals surface area contributed by atoms with Crippen LogP contribution in [0.5, 0.6) is 0 Å². The third-order valence-corrected chi connectivity index (χ3v) is 3.22. The van der Waals surface area contributed by atoms with Crippen molar-refractivity contribution in [1.29, 1.82) is 0 Å². The van der Waals surface area contributed by atoms with E-state index in [0.717, 1.165) is 6.07 Å². The first-order chi connectivity index (χ1) is 9.52. The van der Waals surface area contributed by atoms with E-state index in [-0.39, 0.29) is 17.5 Å². The Balaban J connectivity index is 3.02. The highest BCUT2D eigenvalue weighted by Gasteiger charge is 2.29. The molecule has 116 valence electrons. The number of carboxylic acids is 1. The molecule has 0 aliphatic heterocycles. The molecular formula is C15H19F2NO3. The minimum atomic E-state index is -1.06. The summed E-state index contributed by atoms with van der Waals surface area (Å²) in [6.45, 7) is 6.73. The fourth-order valence-electron chi connectivity index (χ4n) is 1.82. The van der Waals surface area contributed by atoms with Crippen LogP contribution in [0.2, 0.25) is 0 Å². The Kier molecular flexibility index (Phi) is 5.04. The van der Waals surface area contributed by atoms with Crippen molar-refractivity contribution in [2.24, 2.45) is 5.41 Å². The molecule has 0 saturated carbocycles. The van der Waals surface area contributed by atoms with Gasteiger partial charge in [0.25, 0.3) is 5.91 Å². The Bertz CT molecular complexity index is 565. The minimum Gasteiger partial charge on any atom is -0.481 e. The zero-order chi connectivity index (χ0) is 16.4. The van der Waals surface area contributed by atoms with Gasteiger partial charge < -0.3 is 10.4 Å². The third kappa shape index (κ3) is 4.51. The standard InChI is InChI=1S/C15H19F2NO3/c1-8-5-9(11(17)6-10(8)16)14(21)18-12(7-13(19)20)15(2,3)4/h5-6,12H,7H2,1-4H3,(H,18,21)(H,19,20). The topological polar surface area (TPSA) is 66.4 Å². The predicted molar refractivity (Wildman–Crippen MR) is 74.1 cm³/mol. The van der Waals surface area contributed by atoms with Crippen LogP contribution in [0.15, 0.2) is 12.1 Å². The van der Waals surface area contributed by atoms with Crippen molar-refractivity contribution in [3.8, 4) is 0 Å². The number of aliphatic carboxylic acids is 1. The zero-order valence-electron chi connectivity index (χ0n) is 12.5. The van der Waals surface area contributed by atoms with E-state index in [1.807, 2.05) is 0 Å². The number of halogens is 2. The second kappa shape index (κ2) is 6.20. The maximum Gasteiger partial charge on any atom is 0.305 e. The number of rotatable bonds is 4. The van der Waals surface area contributed by atoms with Gasteiger partial charge in [0, 0.05) is 12.1 Å². The van der Waals surface area contributed by atoms with Crippen molar-refractivity contribution in [2.45, 2.75) is 40.2 Å². The second-order valence-corrected chi connectivity index (χ2v) is 6.07. The molecule has 0 aromatic heterocycles. The molecule has 1 atom stereocenters. The van der Waals surface area contributed by atoms with Crippen LogP contribution in [0.25, 0.3) is 0 Å². The van der Waals surface area contributed by atoms with E-state index in [2.05, 4.69) is 5.32 Å². The Morgan fingerprint density at radius 1 is 1.24 bits per heavy atom. The molecular weight excluding hydrogens is 280 g/mol. The smallest absolute Gasteiger partial charge is 0.305 e. The molecule has 4 nitrogen and oxygen atoms in total. The lowest BCUT2D eigenvalue weighted by Crippen LogP contribution is -2.45. The molecule has 1 aromatic rings. The molecule has 0 bridgehead atoms. The van der Waals surface area contributed by atoms with Gasteiger partial charge in [-0.25, -0.2) is 8.78 Å². The largest absolute Gasteiger partial charge is 0.481 e. The molecule has 1 aromatic carbocycles. The molecule has 0 fully saturated rings. The van der Waals surface area contributed by atoms with E-state index in [9.17, 15) is 18.4 Å².